The first-order chi connectivity index (χ1) is 14.6. The summed E-state index contributed by atoms with van der Waals surface area (Å²) in [5.74, 6) is 4.04. The first kappa shape index (κ1) is 23.1. The summed E-state index contributed by atoms with van der Waals surface area (Å²) in [6.07, 6.45) is 0.604. The molecule has 168 valence electrons. The highest BCUT2D eigenvalue weighted by Crippen LogP contribution is 2.33. The van der Waals surface area contributed by atoms with Gasteiger partial charge in [-0.05, 0) is 74.2 Å². The summed E-state index contributed by atoms with van der Waals surface area (Å²) in [6.45, 7) is 3.39. The van der Waals surface area contributed by atoms with Gasteiger partial charge in [-0.3, -0.25) is 0 Å². The Balaban J connectivity index is 1.79. The van der Waals surface area contributed by atoms with Gasteiger partial charge in [0.15, 0.2) is 6.04 Å². The van der Waals surface area contributed by atoms with Gasteiger partial charge in [0.25, 0.3) is 0 Å². The van der Waals surface area contributed by atoms with Crippen LogP contribution in [0, 0.1) is 12.7 Å². The van der Waals surface area contributed by atoms with Crippen molar-refractivity contribution in [3.05, 3.63) is 59.4 Å². The van der Waals surface area contributed by atoms with Crippen molar-refractivity contribution in [3.8, 4) is 5.75 Å². The largest absolute Gasteiger partial charge is 0.489 e. The highest BCUT2D eigenvalue weighted by atomic mass is 32.2. The maximum atomic E-state index is 13.2. The lowest BCUT2D eigenvalue weighted by Gasteiger charge is -2.42. The highest BCUT2D eigenvalue weighted by molar-refractivity contribution is 7.89. The van der Waals surface area contributed by atoms with Crippen molar-refractivity contribution >= 4 is 16.0 Å². The molecule has 3 rings (SSSR count). The van der Waals surface area contributed by atoms with Crippen LogP contribution in [0.1, 0.15) is 30.9 Å². The zero-order chi connectivity index (χ0) is 22.8. The van der Waals surface area contributed by atoms with Gasteiger partial charge < -0.3 is 14.7 Å². The number of hydrogen-bond acceptors (Lipinski definition) is 7. The zero-order valence-electron chi connectivity index (χ0n) is 17.2. The van der Waals surface area contributed by atoms with Crippen molar-refractivity contribution in [1.29, 1.82) is 0 Å². The van der Waals surface area contributed by atoms with Crippen LogP contribution in [0.3, 0.4) is 0 Å². The Hall–Kier alpha value is -2.53. The molecule has 2 aromatic rings. The summed E-state index contributed by atoms with van der Waals surface area (Å²) in [7, 11) is -4.11. The van der Waals surface area contributed by atoms with E-state index in [0.717, 1.165) is 15.4 Å². The molecule has 3 N–H and O–H groups in total. The second kappa shape index (κ2) is 8.91. The molecule has 1 fully saturated rings. The molecule has 0 aromatic heterocycles. The molecule has 0 amide bonds. The van der Waals surface area contributed by atoms with Gasteiger partial charge in [0.2, 0.25) is 10.0 Å². The number of rotatable bonds is 6. The molecule has 1 aliphatic rings. The number of carbonyl (C=O) groups is 1. The summed E-state index contributed by atoms with van der Waals surface area (Å²) >= 11 is 0. The predicted molar refractivity (Wildman–Crippen MR) is 110 cm³/mol. The average molecular weight is 453 g/mol. The van der Waals surface area contributed by atoms with E-state index in [4.69, 9.17) is 10.6 Å². The molecule has 31 heavy (non-hydrogen) atoms. The first-order valence-corrected chi connectivity index (χ1v) is 11.1. The molecule has 0 aliphatic carbocycles. The van der Waals surface area contributed by atoms with E-state index < -0.39 is 27.6 Å². The molecule has 1 heterocycles. The first-order valence-electron chi connectivity index (χ1n) is 9.69. The average Bonchev–Trinajstić information content (AvgIpc) is 2.72. The third kappa shape index (κ3) is 4.87. The van der Waals surface area contributed by atoms with E-state index in [1.54, 1.807) is 13.0 Å². The summed E-state index contributed by atoms with van der Waals surface area (Å²) < 4.78 is 46.1. The zero-order valence-corrected chi connectivity index (χ0v) is 18.1. The van der Waals surface area contributed by atoms with E-state index in [2.05, 4.69) is 4.84 Å². The number of sulfonamides is 1. The van der Waals surface area contributed by atoms with Crippen molar-refractivity contribution in [1.82, 2.24) is 4.31 Å². The molecule has 2 aromatic carbocycles. The number of benzene rings is 2. The number of nitrogens with zero attached hydrogens (tertiary/aromatic N) is 1. The van der Waals surface area contributed by atoms with E-state index in [1.807, 2.05) is 0 Å². The minimum absolute atomic E-state index is 0.0420. The van der Waals surface area contributed by atoms with E-state index in [0.29, 0.717) is 12.2 Å². The van der Waals surface area contributed by atoms with Crippen LogP contribution in [0.15, 0.2) is 47.4 Å². The molecule has 2 unspecified atom stereocenters. The van der Waals surface area contributed by atoms with Gasteiger partial charge in [-0.15, -0.1) is 0 Å². The molecule has 8 nitrogen and oxygen atoms in total. The molecule has 0 spiro atoms. The Bertz CT molecular complexity index is 1060. The van der Waals surface area contributed by atoms with Gasteiger partial charge in [0.05, 0.1) is 10.5 Å². The van der Waals surface area contributed by atoms with Gasteiger partial charge in [-0.2, -0.15) is 10.2 Å². The number of carbonyl (C=O) groups excluding carboxylic acids is 1. The van der Waals surface area contributed by atoms with E-state index >= 15 is 0 Å². The van der Waals surface area contributed by atoms with Gasteiger partial charge in [0.1, 0.15) is 18.2 Å². The number of nitrogens with two attached hydrogens (primary N) is 1. The molecule has 0 saturated carbocycles. The summed E-state index contributed by atoms with van der Waals surface area (Å²) in [5, 5.41) is 10.6. The van der Waals surface area contributed by atoms with Gasteiger partial charge >= 0.3 is 5.97 Å². The van der Waals surface area contributed by atoms with Gasteiger partial charge in [0, 0.05) is 6.54 Å². The maximum absolute atomic E-state index is 13.2. The van der Waals surface area contributed by atoms with E-state index in [1.165, 1.54) is 43.3 Å². The summed E-state index contributed by atoms with van der Waals surface area (Å²) in [5.41, 5.74) is -0.0661. The van der Waals surface area contributed by atoms with Crippen molar-refractivity contribution in [2.24, 2.45) is 5.90 Å². The van der Waals surface area contributed by atoms with Crippen molar-refractivity contribution < 1.29 is 32.3 Å². The minimum atomic E-state index is -4.11. The Labute approximate surface area is 180 Å². The number of piperidine rings is 1. The molecule has 2 atom stereocenters. The molecule has 10 heteroatoms. The molecule has 0 radical (unpaired) electrons. The molecule has 1 saturated heterocycles. The number of hydrogen-bond donors (Lipinski definition) is 2. The van der Waals surface area contributed by atoms with Crippen LogP contribution in [0.25, 0.3) is 0 Å². The van der Waals surface area contributed by atoms with Crippen LogP contribution in [0.2, 0.25) is 0 Å². The molecule has 1 aliphatic heterocycles. The lowest BCUT2D eigenvalue weighted by Crippen LogP contribution is -2.61. The van der Waals surface area contributed by atoms with Crippen molar-refractivity contribution in [3.63, 3.8) is 0 Å². The Morgan fingerprint density at radius 3 is 2.58 bits per heavy atom. The third-order valence-corrected chi connectivity index (χ3v) is 7.29. The second-order valence-electron chi connectivity index (χ2n) is 7.75. The molecule has 0 bridgehead atoms. The lowest BCUT2D eigenvalue weighted by atomic mass is 9.88. The maximum Gasteiger partial charge on any atom is 0.345 e. The van der Waals surface area contributed by atoms with Crippen molar-refractivity contribution in [2.45, 2.75) is 49.8 Å². The quantitative estimate of drug-likeness (QED) is 0.644. The second-order valence-corrected chi connectivity index (χ2v) is 9.64. The lowest BCUT2D eigenvalue weighted by molar-refractivity contribution is -0.160. The third-order valence-electron chi connectivity index (χ3n) is 5.41. The van der Waals surface area contributed by atoms with E-state index in [9.17, 15) is 22.7 Å². The number of aliphatic hydroxyl groups is 1. The Morgan fingerprint density at radius 2 is 1.97 bits per heavy atom. The Kier molecular flexibility index (Phi) is 6.65. The van der Waals surface area contributed by atoms with Crippen LogP contribution in [0.4, 0.5) is 4.39 Å². The summed E-state index contributed by atoms with van der Waals surface area (Å²) in [6, 6.07) is 8.62. The van der Waals surface area contributed by atoms with Crippen LogP contribution in [-0.2, 0) is 26.3 Å². The molecular weight excluding hydrogens is 427 g/mol. The number of ether oxygens (including phenoxy) is 1. The Morgan fingerprint density at radius 1 is 1.29 bits per heavy atom. The van der Waals surface area contributed by atoms with Crippen molar-refractivity contribution in [2.75, 3.05) is 6.54 Å². The van der Waals surface area contributed by atoms with Gasteiger partial charge in [-0.1, -0.05) is 6.07 Å². The fraction of sp³-hybridized carbons (Fsp3) is 0.381. The monoisotopic (exact) mass is 452 g/mol. The SMILES string of the molecule is Cc1cc(F)ccc1COc1ccc(S(=O)(=O)N2CCCC(C)(O)C2C(=O)ON)cc1. The van der Waals surface area contributed by atoms with Crippen LogP contribution >= 0.6 is 0 Å². The van der Waals surface area contributed by atoms with Crippen LogP contribution < -0.4 is 10.6 Å². The predicted octanol–water partition coefficient (Wildman–Crippen LogP) is 2.03. The molecular formula is C21H25FN2O6S. The fourth-order valence-electron chi connectivity index (χ4n) is 3.69. The van der Waals surface area contributed by atoms with E-state index in [-0.39, 0.29) is 30.3 Å². The minimum Gasteiger partial charge on any atom is -0.489 e. The standard InChI is InChI=1S/C21H25FN2O6S/c1-14-12-16(22)5-4-15(14)13-29-17-6-8-18(9-7-17)31(27,28)24-11-3-10-21(2,26)19(24)20(25)30-23/h4-9,12,19,26H,3,10-11,13,23H2,1-2H3. The van der Waals surface area contributed by atoms with Crippen LogP contribution in [0.5, 0.6) is 5.75 Å². The number of aryl methyl sites for hydroxylation is 1. The van der Waals surface area contributed by atoms with Crippen LogP contribution in [-0.4, -0.2) is 42.0 Å². The smallest absolute Gasteiger partial charge is 0.345 e. The fourth-order valence-corrected chi connectivity index (χ4v) is 5.40. The topological polar surface area (TPSA) is 119 Å². The number of halogens is 1. The van der Waals surface area contributed by atoms with Gasteiger partial charge in [-0.25, -0.2) is 17.6 Å². The highest BCUT2D eigenvalue weighted by Gasteiger charge is 2.50. The normalized spacial score (nSPS) is 22.2. The summed E-state index contributed by atoms with van der Waals surface area (Å²) in [4.78, 5) is 16.3.